The number of primary sulfonamides is 1. The number of aromatic nitrogens is 1. The van der Waals surface area contributed by atoms with E-state index in [0.29, 0.717) is 12.1 Å². The lowest BCUT2D eigenvalue weighted by Gasteiger charge is -2.13. The van der Waals surface area contributed by atoms with Gasteiger partial charge in [0.15, 0.2) is 0 Å². The molecule has 0 saturated heterocycles. The van der Waals surface area contributed by atoms with Crippen molar-refractivity contribution in [2.75, 3.05) is 0 Å². The smallest absolute Gasteiger partial charge is 0.265 e. The molecule has 2 aromatic rings. The van der Waals surface area contributed by atoms with Gasteiger partial charge >= 0.3 is 0 Å². The highest BCUT2D eigenvalue weighted by atomic mass is 32.2. The standard InChI is InChI=1S/C16H15N3O5S3/c17-26(21,22)14-6-1-2-7-15(14)27(23,24)19-16(20)13-9-8-12(25-13)11-5-3-4-10-18-11/h1-8,10,13H,9H2,(H,19,20)(H2,17,21,22). The van der Waals surface area contributed by atoms with Crippen LogP contribution >= 0.6 is 11.8 Å². The second kappa shape index (κ2) is 7.43. The summed E-state index contributed by atoms with van der Waals surface area (Å²) in [6, 6.07) is 10.2. The molecule has 0 fully saturated rings. The number of hydrogen-bond donors (Lipinski definition) is 2. The van der Waals surface area contributed by atoms with Crippen molar-refractivity contribution in [1.29, 1.82) is 0 Å². The van der Waals surface area contributed by atoms with Crippen LogP contribution in [0.2, 0.25) is 0 Å². The summed E-state index contributed by atoms with van der Waals surface area (Å²) in [5.74, 6) is -0.744. The van der Waals surface area contributed by atoms with Crippen LogP contribution in [0, 0.1) is 0 Å². The number of thioether (sulfide) groups is 1. The topological polar surface area (TPSA) is 136 Å². The number of carbonyl (C=O) groups is 1. The van der Waals surface area contributed by atoms with Crippen LogP contribution in [-0.2, 0) is 24.8 Å². The third-order valence-electron chi connectivity index (χ3n) is 3.68. The third kappa shape index (κ3) is 4.38. The Morgan fingerprint density at radius 3 is 2.37 bits per heavy atom. The summed E-state index contributed by atoms with van der Waals surface area (Å²) in [7, 11) is -8.67. The fourth-order valence-corrected chi connectivity index (χ4v) is 6.03. The van der Waals surface area contributed by atoms with Crippen LogP contribution in [0.4, 0.5) is 0 Å². The fraction of sp³-hybridized carbons (Fsp3) is 0.125. The molecule has 1 amide bonds. The molecule has 142 valence electrons. The lowest BCUT2D eigenvalue weighted by Crippen LogP contribution is -2.37. The van der Waals surface area contributed by atoms with Crippen LogP contribution < -0.4 is 9.86 Å². The van der Waals surface area contributed by atoms with E-state index in [1.165, 1.54) is 23.9 Å². The monoisotopic (exact) mass is 425 g/mol. The highest BCUT2D eigenvalue weighted by Crippen LogP contribution is 2.38. The quantitative estimate of drug-likeness (QED) is 0.731. The molecule has 11 heteroatoms. The third-order valence-corrected chi connectivity index (χ3v) is 7.50. The van der Waals surface area contributed by atoms with Gasteiger partial charge in [-0.3, -0.25) is 9.78 Å². The number of hydrogen-bond acceptors (Lipinski definition) is 7. The van der Waals surface area contributed by atoms with E-state index >= 15 is 0 Å². The fourth-order valence-electron chi connectivity index (χ4n) is 2.46. The summed E-state index contributed by atoms with van der Waals surface area (Å²) in [4.78, 5) is 16.3. The van der Waals surface area contributed by atoms with Gasteiger partial charge in [-0.1, -0.05) is 24.3 Å². The first-order chi connectivity index (χ1) is 12.7. The minimum atomic E-state index is -4.40. The van der Waals surface area contributed by atoms with Crippen LogP contribution in [0.15, 0.2) is 64.5 Å². The first-order valence-electron chi connectivity index (χ1n) is 7.65. The molecule has 0 aliphatic carbocycles. The number of nitrogens with zero attached hydrogens (tertiary/aromatic N) is 1. The Bertz CT molecular complexity index is 1110. The van der Waals surface area contributed by atoms with Crippen molar-refractivity contribution in [1.82, 2.24) is 9.71 Å². The van der Waals surface area contributed by atoms with Gasteiger partial charge in [0.2, 0.25) is 15.9 Å². The number of sulfonamides is 2. The van der Waals surface area contributed by atoms with Crippen LogP contribution in [0.3, 0.4) is 0 Å². The summed E-state index contributed by atoms with van der Waals surface area (Å²) in [5, 5.41) is 4.40. The molecule has 27 heavy (non-hydrogen) atoms. The van der Waals surface area contributed by atoms with E-state index in [2.05, 4.69) is 4.98 Å². The zero-order chi connectivity index (χ0) is 19.7. The number of pyridine rings is 1. The first-order valence-corrected chi connectivity index (χ1v) is 11.6. The van der Waals surface area contributed by atoms with Crippen molar-refractivity contribution in [3.8, 4) is 0 Å². The summed E-state index contributed by atoms with van der Waals surface area (Å²) < 4.78 is 50.2. The van der Waals surface area contributed by atoms with E-state index in [4.69, 9.17) is 5.14 Å². The van der Waals surface area contributed by atoms with Gasteiger partial charge in [-0.05, 0) is 30.7 Å². The highest BCUT2D eigenvalue weighted by molar-refractivity contribution is 8.09. The van der Waals surface area contributed by atoms with E-state index in [1.54, 1.807) is 18.3 Å². The maximum atomic E-state index is 12.5. The summed E-state index contributed by atoms with van der Waals surface area (Å²) in [5.41, 5.74) is 0.695. The maximum Gasteiger partial charge on any atom is 0.265 e. The van der Waals surface area contributed by atoms with Crippen molar-refractivity contribution >= 4 is 42.6 Å². The Labute approximate surface area is 161 Å². The van der Waals surface area contributed by atoms with E-state index in [0.717, 1.165) is 17.0 Å². The number of amides is 1. The predicted molar refractivity (Wildman–Crippen MR) is 101 cm³/mol. The summed E-state index contributed by atoms with van der Waals surface area (Å²) in [6.07, 6.45) is 3.76. The molecule has 1 aromatic carbocycles. The van der Waals surface area contributed by atoms with Gasteiger partial charge in [-0.2, -0.15) is 0 Å². The van der Waals surface area contributed by atoms with Crippen molar-refractivity contribution in [2.24, 2.45) is 5.14 Å². The molecule has 1 unspecified atom stereocenters. The number of benzene rings is 1. The van der Waals surface area contributed by atoms with E-state index in [1.807, 2.05) is 16.9 Å². The minimum Gasteiger partial charge on any atom is -0.273 e. The average molecular weight is 426 g/mol. The molecule has 0 spiro atoms. The molecule has 0 saturated carbocycles. The molecule has 3 rings (SSSR count). The minimum absolute atomic E-state index is 0.328. The van der Waals surface area contributed by atoms with Crippen molar-refractivity contribution in [2.45, 2.75) is 21.5 Å². The number of rotatable bonds is 5. The van der Waals surface area contributed by atoms with Gasteiger partial charge in [-0.25, -0.2) is 26.7 Å². The molecule has 3 N–H and O–H groups in total. The van der Waals surface area contributed by atoms with Crippen LogP contribution in [0.25, 0.3) is 4.91 Å². The second-order valence-electron chi connectivity index (χ2n) is 5.59. The molecule has 1 aliphatic rings. The van der Waals surface area contributed by atoms with E-state index in [-0.39, 0.29) is 0 Å². The lowest BCUT2D eigenvalue weighted by molar-refractivity contribution is -0.118. The number of carbonyl (C=O) groups excluding carboxylic acids is 1. The summed E-state index contributed by atoms with van der Waals surface area (Å²) in [6.45, 7) is 0. The second-order valence-corrected chi connectivity index (χ2v) is 10.0. The van der Waals surface area contributed by atoms with Crippen molar-refractivity contribution in [3.63, 3.8) is 0 Å². The Kier molecular flexibility index (Phi) is 5.38. The maximum absolute atomic E-state index is 12.5. The first kappa shape index (κ1) is 19.5. The van der Waals surface area contributed by atoms with Gasteiger partial charge in [0.25, 0.3) is 10.0 Å². The van der Waals surface area contributed by atoms with Crippen LogP contribution in [-0.4, -0.2) is 33.0 Å². The molecule has 1 atom stereocenters. The average Bonchev–Trinajstić information content (AvgIpc) is 3.12. The molecule has 8 nitrogen and oxygen atoms in total. The molecule has 2 heterocycles. The van der Waals surface area contributed by atoms with E-state index < -0.39 is 41.0 Å². The van der Waals surface area contributed by atoms with Crippen LogP contribution in [0.5, 0.6) is 0 Å². The van der Waals surface area contributed by atoms with Gasteiger partial charge in [0.05, 0.1) is 10.9 Å². The van der Waals surface area contributed by atoms with E-state index in [9.17, 15) is 21.6 Å². The molecule has 0 bridgehead atoms. The molecule has 1 aromatic heterocycles. The Hall–Kier alpha value is -2.21. The molecular formula is C16H15N3O5S3. The molecular weight excluding hydrogens is 410 g/mol. The van der Waals surface area contributed by atoms with Gasteiger partial charge in [0, 0.05) is 11.1 Å². The number of allylic oxidation sites excluding steroid dienone is 1. The number of nitrogens with one attached hydrogen (secondary N) is 1. The Balaban J connectivity index is 1.78. The highest BCUT2D eigenvalue weighted by Gasteiger charge is 2.31. The largest absolute Gasteiger partial charge is 0.273 e. The van der Waals surface area contributed by atoms with Gasteiger partial charge in [0.1, 0.15) is 9.79 Å². The Morgan fingerprint density at radius 2 is 1.74 bits per heavy atom. The zero-order valence-corrected chi connectivity index (χ0v) is 16.2. The predicted octanol–water partition coefficient (Wildman–Crippen LogP) is 1.08. The van der Waals surface area contributed by atoms with Gasteiger partial charge < -0.3 is 0 Å². The molecule has 0 radical (unpaired) electrons. The number of nitrogens with two attached hydrogens (primary N) is 1. The van der Waals surface area contributed by atoms with Crippen molar-refractivity contribution in [3.05, 3.63) is 60.4 Å². The van der Waals surface area contributed by atoms with Gasteiger partial charge in [-0.15, -0.1) is 11.8 Å². The lowest BCUT2D eigenvalue weighted by atomic mass is 10.2. The SMILES string of the molecule is NS(=O)(=O)c1ccccc1S(=O)(=O)NC(=O)C1CC=C(c2ccccn2)S1. The normalized spacial score (nSPS) is 17.4. The zero-order valence-electron chi connectivity index (χ0n) is 13.8. The molecule has 1 aliphatic heterocycles. The summed E-state index contributed by atoms with van der Waals surface area (Å²) >= 11 is 1.20. The Morgan fingerprint density at radius 1 is 1.07 bits per heavy atom. The van der Waals surface area contributed by atoms with Crippen LogP contribution in [0.1, 0.15) is 12.1 Å². The van der Waals surface area contributed by atoms with Crippen molar-refractivity contribution < 1.29 is 21.6 Å².